The Morgan fingerprint density at radius 3 is 2.77 bits per heavy atom. The molecule has 2 aliphatic rings. The van der Waals surface area contributed by atoms with Gasteiger partial charge < -0.3 is 14.8 Å². The molecule has 0 radical (unpaired) electrons. The Kier molecular flexibility index (Phi) is 7.07. The molecule has 210 valence electrons. The zero-order chi connectivity index (χ0) is 28.0. The highest BCUT2D eigenvalue weighted by Crippen LogP contribution is 2.42. The van der Waals surface area contributed by atoms with Crippen molar-refractivity contribution in [2.24, 2.45) is 18.9 Å². The third-order valence-corrected chi connectivity index (χ3v) is 8.53. The second-order valence-corrected chi connectivity index (χ2v) is 11.5. The maximum absolute atomic E-state index is 13.3. The third kappa shape index (κ3) is 4.76. The fourth-order valence-electron chi connectivity index (χ4n) is 6.63. The fraction of sp³-hybridized carbons (Fsp3) is 0.500. The fourth-order valence-corrected chi connectivity index (χ4v) is 6.80. The minimum atomic E-state index is -0.670. The summed E-state index contributed by atoms with van der Waals surface area (Å²) >= 11 is 6.31. The number of carbonyl (C=O) groups is 1. The zero-order valence-corrected chi connectivity index (χ0v) is 23.6. The van der Waals surface area contributed by atoms with Gasteiger partial charge in [-0.15, -0.1) is 0 Å². The maximum Gasteiger partial charge on any atom is 0.439 e. The largest absolute Gasteiger partial charge is 0.439 e. The number of carbonyl (C=O) groups excluding carboxylic acids is 1. The molecule has 2 fully saturated rings. The summed E-state index contributed by atoms with van der Waals surface area (Å²) in [6.45, 7) is 4.85. The number of halogens is 1. The summed E-state index contributed by atoms with van der Waals surface area (Å²) in [5, 5.41) is 7.36. The molecule has 40 heavy (non-hydrogen) atoms. The number of H-pyrrole nitrogens is 1. The average molecular weight is 565 g/mol. The van der Waals surface area contributed by atoms with Crippen LogP contribution in [0.2, 0.25) is 5.02 Å². The van der Waals surface area contributed by atoms with E-state index in [2.05, 4.69) is 32.3 Å². The predicted octanol–water partition coefficient (Wildman–Crippen LogP) is 4.33. The van der Waals surface area contributed by atoms with Crippen molar-refractivity contribution in [1.29, 1.82) is 0 Å². The molecule has 3 unspecified atom stereocenters. The van der Waals surface area contributed by atoms with Gasteiger partial charge in [-0.3, -0.25) is 19.3 Å². The Morgan fingerprint density at radius 1 is 1.20 bits per heavy atom. The van der Waals surface area contributed by atoms with E-state index in [4.69, 9.17) is 26.1 Å². The Balaban J connectivity index is 1.54. The minimum Gasteiger partial charge on any atom is -0.355 e. The number of amides is 1. The van der Waals surface area contributed by atoms with Crippen molar-refractivity contribution < 1.29 is 9.32 Å². The van der Waals surface area contributed by atoms with E-state index in [1.54, 1.807) is 24.5 Å². The number of anilines is 1. The molecular weight excluding hydrogens is 532 g/mol. The Labute approximate surface area is 236 Å². The molecule has 2 N–H and O–H groups in total. The molecule has 0 spiro atoms. The molecule has 4 aromatic rings. The van der Waals surface area contributed by atoms with Crippen LogP contribution in [0.25, 0.3) is 33.8 Å². The van der Waals surface area contributed by atoms with Gasteiger partial charge in [-0.2, -0.15) is 0 Å². The minimum absolute atomic E-state index is 0.0270. The van der Waals surface area contributed by atoms with Crippen LogP contribution in [0, 0.1) is 11.8 Å². The number of nitrogens with zero attached hydrogens (tertiary/aromatic N) is 6. The van der Waals surface area contributed by atoms with Crippen LogP contribution in [0.1, 0.15) is 52.4 Å². The summed E-state index contributed by atoms with van der Waals surface area (Å²) in [7, 11) is 1.96. The average Bonchev–Trinajstić information content (AvgIpc) is 3.65. The molecule has 0 bridgehead atoms. The van der Waals surface area contributed by atoms with E-state index in [0.29, 0.717) is 45.9 Å². The quantitative estimate of drug-likeness (QED) is 0.353. The molecule has 1 amide bonds. The smallest absolute Gasteiger partial charge is 0.355 e. The van der Waals surface area contributed by atoms with Crippen LogP contribution >= 0.6 is 11.6 Å². The summed E-state index contributed by atoms with van der Waals surface area (Å²) < 4.78 is 6.76. The number of aryl methyl sites for hydroxylation is 1. The predicted molar refractivity (Wildman–Crippen MR) is 152 cm³/mol. The number of rotatable bonds is 6. The first-order valence-electron chi connectivity index (χ1n) is 13.9. The number of hydrogen-bond acceptors (Lipinski definition) is 8. The standard InChI is InChI=1S/C28H33ClN8O3/c1-4-31-26(38)22-9-8-21(16-7-5-6-15(2)10-16)37(22)27-33-19-12-20(25-34-28(39)40-35-25)32-23(24(19)36(27)3)17-11-18(29)14-30-13-17/h11-16,21-22H,4-10H2,1-3H3,(H,31,38)(H,34,35,39)/t15-,16?,21?,22?/m0/s1. The van der Waals surface area contributed by atoms with E-state index in [0.717, 1.165) is 37.1 Å². The van der Waals surface area contributed by atoms with E-state index in [9.17, 15) is 9.59 Å². The Bertz CT molecular complexity index is 1610. The monoisotopic (exact) mass is 564 g/mol. The molecule has 6 rings (SSSR count). The highest BCUT2D eigenvalue weighted by atomic mass is 35.5. The number of nitrogens with one attached hydrogen (secondary N) is 2. The van der Waals surface area contributed by atoms with E-state index in [1.165, 1.54) is 12.8 Å². The SMILES string of the molecule is CCNC(=O)C1CCC(C2CCC[C@H](C)C2)N1c1nc2cc(-c3noc(=O)[nH]3)nc(-c3cncc(Cl)c3)c2n1C. The van der Waals surface area contributed by atoms with Crippen molar-refractivity contribution in [3.8, 4) is 22.8 Å². The number of likely N-dealkylation sites (N-methyl/N-ethyl adjacent to an activating group) is 1. The summed E-state index contributed by atoms with van der Waals surface area (Å²) in [5.41, 5.74) is 3.10. The van der Waals surface area contributed by atoms with Crippen LogP contribution < -0.4 is 16.0 Å². The lowest BCUT2D eigenvalue weighted by molar-refractivity contribution is -0.122. The molecule has 4 atom stereocenters. The second kappa shape index (κ2) is 10.7. The van der Waals surface area contributed by atoms with Crippen molar-refractivity contribution in [3.63, 3.8) is 0 Å². The van der Waals surface area contributed by atoms with Gasteiger partial charge >= 0.3 is 5.76 Å². The van der Waals surface area contributed by atoms with Gasteiger partial charge in [-0.1, -0.05) is 36.5 Å². The summed E-state index contributed by atoms with van der Waals surface area (Å²) in [6.07, 6.45) is 9.74. The van der Waals surface area contributed by atoms with Crippen molar-refractivity contribution in [1.82, 2.24) is 35.0 Å². The molecule has 0 aromatic carbocycles. The first-order chi connectivity index (χ1) is 19.3. The van der Waals surface area contributed by atoms with Gasteiger partial charge in [-0.25, -0.2) is 14.8 Å². The third-order valence-electron chi connectivity index (χ3n) is 8.32. The van der Waals surface area contributed by atoms with Gasteiger partial charge in [0.2, 0.25) is 17.7 Å². The Hall–Kier alpha value is -3.73. The van der Waals surface area contributed by atoms with Crippen molar-refractivity contribution in [2.45, 2.75) is 64.5 Å². The topological polar surface area (TPSA) is 135 Å². The summed E-state index contributed by atoms with van der Waals surface area (Å²) in [5.74, 6) is 1.44. The van der Waals surface area contributed by atoms with Crippen molar-refractivity contribution in [3.05, 3.63) is 40.1 Å². The molecular formula is C28H33ClN8O3. The lowest BCUT2D eigenvalue weighted by atomic mass is 9.78. The highest BCUT2D eigenvalue weighted by Gasteiger charge is 2.44. The van der Waals surface area contributed by atoms with Gasteiger partial charge in [0.15, 0.2) is 0 Å². The lowest BCUT2D eigenvalue weighted by Gasteiger charge is -2.38. The van der Waals surface area contributed by atoms with Gasteiger partial charge in [0.1, 0.15) is 11.7 Å². The number of hydrogen-bond donors (Lipinski definition) is 2. The number of imidazole rings is 1. The molecule has 1 aliphatic heterocycles. The van der Waals surface area contributed by atoms with E-state index >= 15 is 0 Å². The first-order valence-corrected chi connectivity index (χ1v) is 14.3. The highest BCUT2D eigenvalue weighted by molar-refractivity contribution is 6.30. The van der Waals surface area contributed by atoms with Gasteiger partial charge in [0.25, 0.3) is 0 Å². The van der Waals surface area contributed by atoms with Crippen molar-refractivity contribution in [2.75, 3.05) is 11.4 Å². The molecule has 5 heterocycles. The maximum atomic E-state index is 13.3. The van der Waals surface area contributed by atoms with Gasteiger partial charge in [-0.05, 0) is 56.6 Å². The molecule has 12 heteroatoms. The first kappa shape index (κ1) is 26.5. The number of aromatic amines is 1. The Morgan fingerprint density at radius 2 is 2.05 bits per heavy atom. The molecule has 11 nitrogen and oxygen atoms in total. The van der Waals surface area contributed by atoms with Crippen LogP contribution in [-0.2, 0) is 11.8 Å². The van der Waals surface area contributed by atoms with Crippen LogP contribution in [-0.4, -0.2) is 54.2 Å². The van der Waals surface area contributed by atoms with Crippen LogP contribution in [0.5, 0.6) is 0 Å². The summed E-state index contributed by atoms with van der Waals surface area (Å²) in [6, 6.07) is 3.47. The van der Waals surface area contributed by atoms with Gasteiger partial charge in [0, 0.05) is 37.6 Å². The van der Waals surface area contributed by atoms with Crippen molar-refractivity contribution >= 4 is 34.5 Å². The number of aromatic nitrogens is 6. The molecule has 1 saturated heterocycles. The van der Waals surface area contributed by atoms with Crippen LogP contribution in [0.3, 0.4) is 0 Å². The zero-order valence-electron chi connectivity index (χ0n) is 22.9. The van der Waals surface area contributed by atoms with E-state index in [-0.39, 0.29) is 23.8 Å². The number of fused-ring (bicyclic) bond motifs is 1. The van der Waals surface area contributed by atoms with Crippen LogP contribution in [0.4, 0.5) is 5.95 Å². The van der Waals surface area contributed by atoms with E-state index in [1.807, 2.05) is 18.5 Å². The normalized spacial score (nSPS) is 23.1. The van der Waals surface area contributed by atoms with Crippen LogP contribution in [0.15, 0.2) is 33.8 Å². The number of pyridine rings is 2. The van der Waals surface area contributed by atoms with E-state index < -0.39 is 5.76 Å². The molecule has 1 aliphatic carbocycles. The summed E-state index contributed by atoms with van der Waals surface area (Å²) in [4.78, 5) is 44.1. The molecule has 1 saturated carbocycles. The molecule has 4 aromatic heterocycles. The lowest BCUT2D eigenvalue weighted by Crippen LogP contribution is -2.49. The van der Waals surface area contributed by atoms with Gasteiger partial charge in [0.05, 0.1) is 21.7 Å². The second-order valence-electron chi connectivity index (χ2n) is 11.0.